The first kappa shape index (κ1) is 27.6. The molecule has 3 aromatic rings. The van der Waals surface area contributed by atoms with Gasteiger partial charge in [0.15, 0.2) is 5.82 Å². The maximum atomic E-state index is 14.3. The van der Waals surface area contributed by atoms with E-state index in [0.717, 1.165) is 79.8 Å². The van der Waals surface area contributed by atoms with Gasteiger partial charge in [0.1, 0.15) is 12.5 Å². The molecule has 1 aromatic carbocycles. The number of carbonyl (C=O) groups is 1. The average molecular weight is 546 g/mol. The second-order valence-corrected chi connectivity index (χ2v) is 18.3. The van der Waals surface area contributed by atoms with E-state index in [4.69, 9.17) is 14.8 Å². The number of hydrogen-bond donors (Lipinski definition) is 1. The lowest BCUT2D eigenvalue weighted by Gasteiger charge is -2.33. The van der Waals surface area contributed by atoms with Crippen LogP contribution in [0.5, 0.6) is 0 Å². The molecule has 0 saturated heterocycles. The number of pyridine rings is 1. The maximum absolute atomic E-state index is 14.3. The molecule has 5 rings (SSSR count). The number of ether oxygens (including phenoxy) is 1. The second kappa shape index (κ2) is 11.6. The molecule has 39 heavy (non-hydrogen) atoms. The topological polar surface area (TPSA) is 72.3 Å². The fourth-order valence-electron chi connectivity index (χ4n) is 5.69. The molecule has 2 aromatic heterocycles. The Hall–Kier alpha value is -2.97. The predicted octanol–water partition coefficient (Wildman–Crippen LogP) is 6.54. The summed E-state index contributed by atoms with van der Waals surface area (Å²) in [6.45, 7) is 11.5. The molecule has 0 aliphatic carbocycles. The molecule has 208 valence electrons. The van der Waals surface area contributed by atoms with Gasteiger partial charge in [-0.3, -0.25) is 4.79 Å². The third-order valence-electron chi connectivity index (χ3n) is 8.02. The van der Waals surface area contributed by atoms with Crippen molar-refractivity contribution in [3.05, 3.63) is 71.0 Å². The van der Waals surface area contributed by atoms with Gasteiger partial charge in [-0.2, -0.15) is 5.10 Å². The number of fused-ring (bicyclic) bond motifs is 3. The van der Waals surface area contributed by atoms with Gasteiger partial charge in [0.05, 0.1) is 24.2 Å². The van der Waals surface area contributed by atoms with Crippen molar-refractivity contribution in [1.29, 1.82) is 0 Å². The summed E-state index contributed by atoms with van der Waals surface area (Å²) in [7, 11) is -1.18. The number of anilines is 2. The van der Waals surface area contributed by atoms with Gasteiger partial charge in [-0.15, -0.1) is 0 Å². The first-order valence-corrected chi connectivity index (χ1v) is 18.1. The minimum absolute atomic E-state index is 0.230. The van der Waals surface area contributed by atoms with Crippen molar-refractivity contribution in [2.45, 2.75) is 91.0 Å². The number of hydrogen-bond acceptors (Lipinski definition) is 5. The summed E-state index contributed by atoms with van der Waals surface area (Å²) in [5.41, 5.74) is 3.98. The summed E-state index contributed by atoms with van der Waals surface area (Å²) in [6.07, 6.45) is 5.73. The molecular weight excluding hydrogens is 502 g/mol. The van der Waals surface area contributed by atoms with E-state index in [-0.39, 0.29) is 5.91 Å². The highest BCUT2D eigenvalue weighted by molar-refractivity contribution is 6.76. The first-order valence-electron chi connectivity index (χ1n) is 14.4. The van der Waals surface area contributed by atoms with Gasteiger partial charge in [0.25, 0.3) is 0 Å². The van der Waals surface area contributed by atoms with Gasteiger partial charge in [-0.25, -0.2) is 9.67 Å². The van der Waals surface area contributed by atoms with E-state index in [2.05, 4.69) is 68.3 Å². The number of aryl methyl sites for hydroxylation is 1. The molecule has 1 unspecified atom stereocenters. The summed E-state index contributed by atoms with van der Waals surface area (Å²) in [5, 5.41) is 8.39. The summed E-state index contributed by atoms with van der Waals surface area (Å²) in [5.74, 6) is 1.81. The van der Waals surface area contributed by atoms with Gasteiger partial charge >= 0.3 is 0 Å². The van der Waals surface area contributed by atoms with Crippen molar-refractivity contribution in [2.75, 3.05) is 11.9 Å². The van der Waals surface area contributed by atoms with Crippen LogP contribution in [-0.4, -0.2) is 40.3 Å². The Labute approximate surface area is 234 Å². The molecule has 4 bridgehead atoms. The van der Waals surface area contributed by atoms with Gasteiger partial charge in [0, 0.05) is 25.9 Å². The first-order chi connectivity index (χ1) is 18.7. The lowest BCUT2D eigenvalue weighted by Crippen LogP contribution is -2.41. The van der Waals surface area contributed by atoms with Crippen molar-refractivity contribution in [2.24, 2.45) is 5.41 Å². The molecule has 1 atom stereocenters. The Morgan fingerprint density at radius 2 is 1.85 bits per heavy atom. The largest absolute Gasteiger partial charge is 0.360 e. The number of aromatic nitrogens is 3. The van der Waals surface area contributed by atoms with Crippen LogP contribution in [0.4, 0.5) is 11.6 Å². The minimum atomic E-state index is -1.18. The third-order valence-corrected chi connectivity index (χ3v) is 9.73. The smallest absolute Gasteiger partial charge is 0.229 e. The zero-order chi connectivity index (χ0) is 27.5. The van der Waals surface area contributed by atoms with Crippen LogP contribution in [0.3, 0.4) is 0 Å². The second-order valence-electron chi connectivity index (χ2n) is 12.7. The molecule has 2 aliphatic heterocycles. The monoisotopic (exact) mass is 545 g/mol. The predicted molar refractivity (Wildman–Crippen MR) is 159 cm³/mol. The van der Waals surface area contributed by atoms with Crippen molar-refractivity contribution in [3.63, 3.8) is 0 Å². The van der Waals surface area contributed by atoms with Crippen molar-refractivity contribution in [3.8, 4) is 0 Å². The van der Waals surface area contributed by atoms with Gasteiger partial charge in [0.2, 0.25) is 5.91 Å². The summed E-state index contributed by atoms with van der Waals surface area (Å²) >= 11 is 0. The fourth-order valence-corrected chi connectivity index (χ4v) is 6.45. The quantitative estimate of drug-likeness (QED) is 0.270. The normalized spacial score (nSPS) is 19.9. The lowest BCUT2D eigenvalue weighted by atomic mass is 9.77. The van der Waals surface area contributed by atoms with Crippen molar-refractivity contribution < 1.29 is 9.53 Å². The molecular formula is C31H43N5O2Si. The van der Waals surface area contributed by atoms with Gasteiger partial charge in [-0.1, -0.05) is 75.8 Å². The highest BCUT2D eigenvalue weighted by Gasteiger charge is 2.40. The molecule has 7 nitrogen and oxygen atoms in total. The van der Waals surface area contributed by atoms with Crippen molar-refractivity contribution >= 4 is 25.6 Å². The highest BCUT2D eigenvalue weighted by atomic mass is 28.3. The molecule has 0 saturated carbocycles. The molecule has 4 heterocycles. The summed E-state index contributed by atoms with van der Waals surface area (Å²) < 4.78 is 8.05. The van der Waals surface area contributed by atoms with E-state index < -0.39 is 13.5 Å². The fraction of sp³-hybridized carbons (Fsp3) is 0.516. The molecule has 8 heteroatoms. The molecule has 0 radical (unpaired) electrons. The third kappa shape index (κ3) is 6.79. The van der Waals surface area contributed by atoms with Crippen molar-refractivity contribution in [1.82, 2.24) is 19.7 Å². The van der Waals surface area contributed by atoms with E-state index >= 15 is 0 Å². The van der Waals surface area contributed by atoms with Crippen LogP contribution in [0.1, 0.15) is 55.1 Å². The molecule has 0 fully saturated rings. The van der Waals surface area contributed by atoms with Crippen LogP contribution in [0.2, 0.25) is 25.7 Å². The van der Waals surface area contributed by atoms with E-state index in [1.54, 1.807) is 0 Å². The van der Waals surface area contributed by atoms with Gasteiger partial charge in [-0.05, 0) is 49.4 Å². The van der Waals surface area contributed by atoms with Crippen LogP contribution in [0.15, 0.2) is 48.5 Å². The van der Waals surface area contributed by atoms with Crippen LogP contribution in [0.25, 0.3) is 0 Å². The Kier molecular flexibility index (Phi) is 8.23. The molecule has 0 spiro atoms. The van der Waals surface area contributed by atoms with E-state index in [1.807, 2.05) is 21.7 Å². The standard InChI is InChI=1S/C31H43N5O2Si/c1-31(20-24-12-7-5-8-13-24)17-10-6-9-14-25-15-11-16-28(32-25)33-29-26-21-35(30(31)37)22-27(26)36(34-29)23-38-18-19-39(2,3)4/h5,7-8,11-13,15-16H,6,9-10,14,17-23H2,1-4H3,(H,32,33,34). The molecule has 1 N–H and O–H groups in total. The van der Waals surface area contributed by atoms with E-state index in [9.17, 15) is 4.79 Å². The number of nitrogens with one attached hydrogen (secondary N) is 1. The van der Waals surface area contributed by atoms with Crippen LogP contribution >= 0.6 is 0 Å². The highest BCUT2D eigenvalue weighted by Crippen LogP contribution is 2.38. The lowest BCUT2D eigenvalue weighted by molar-refractivity contribution is -0.142. The zero-order valence-corrected chi connectivity index (χ0v) is 25.0. The van der Waals surface area contributed by atoms with Gasteiger partial charge < -0.3 is 15.0 Å². The Morgan fingerprint density at radius 3 is 2.64 bits per heavy atom. The molecule has 2 aliphatic rings. The Morgan fingerprint density at radius 1 is 1.03 bits per heavy atom. The number of rotatable bonds is 7. The molecule has 1 amide bonds. The number of benzene rings is 1. The zero-order valence-electron chi connectivity index (χ0n) is 24.0. The Balaban J connectivity index is 1.44. The Bertz CT molecular complexity index is 1290. The summed E-state index contributed by atoms with van der Waals surface area (Å²) in [6, 6.07) is 17.7. The van der Waals surface area contributed by atoms with Crippen LogP contribution < -0.4 is 5.32 Å². The minimum Gasteiger partial charge on any atom is -0.360 e. The van der Waals surface area contributed by atoms with Crippen LogP contribution in [0, 0.1) is 5.41 Å². The number of nitrogens with zero attached hydrogens (tertiary/aromatic N) is 4. The van der Waals surface area contributed by atoms with E-state index in [1.165, 1.54) is 5.56 Å². The number of carbonyl (C=O) groups excluding carboxylic acids is 1. The maximum Gasteiger partial charge on any atom is 0.229 e. The average Bonchev–Trinajstić information content (AvgIpc) is 3.46. The SMILES string of the molecule is CC1(Cc2ccccc2)CCCCCc2cccc(n2)Nc2nn(COCC[Si](C)(C)C)c3c2CN(C3)C1=O. The summed E-state index contributed by atoms with van der Waals surface area (Å²) in [4.78, 5) is 21.2. The van der Waals surface area contributed by atoms with E-state index in [0.29, 0.717) is 19.8 Å². The van der Waals surface area contributed by atoms with Crippen LogP contribution in [-0.2, 0) is 42.2 Å². The number of amides is 1.